The molecule has 0 unspecified atom stereocenters. The van der Waals surface area contributed by atoms with Gasteiger partial charge in [-0.3, -0.25) is 0 Å². The van der Waals surface area contributed by atoms with Gasteiger partial charge in [0.1, 0.15) is 0 Å². The van der Waals surface area contributed by atoms with Gasteiger partial charge in [-0.25, -0.2) is 0 Å². The summed E-state index contributed by atoms with van der Waals surface area (Å²) in [6.45, 7) is 22.1. The molecule has 0 aliphatic heterocycles. The zero-order valence-electron chi connectivity index (χ0n) is 22.0. The summed E-state index contributed by atoms with van der Waals surface area (Å²) < 4.78 is 0. The lowest BCUT2D eigenvalue weighted by molar-refractivity contribution is 1.23. The zero-order chi connectivity index (χ0) is 24.7. The van der Waals surface area contributed by atoms with Crippen LogP contribution in [0, 0.1) is 27.7 Å². The Labute approximate surface area is 205 Å². The molecule has 0 fully saturated rings. The minimum Gasteiger partial charge on any atom is -0.0911 e. The van der Waals surface area contributed by atoms with Crippen LogP contribution in [0.5, 0.6) is 0 Å². The van der Waals surface area contributed by atoms with Gasteiger partial charge in [-0.2, -0.15) is 0 Å². The highest BCUT2D eigenvalue weighted by molar-refractivity contribution is 6.19. The zero-order valence-corrected chi connectivity index (χ0v) is 22.0. The van der Waals surface area contributed by atoms with Crippen LogP contribution >= 0.6 is 0 Å². The molecule has 0 radical (unpaired) electrons. The molecule has 0 aromatic heterocycles. The summed E-state index contributed by atoms with van der Waals surface area (Å²) in [7, 11) is 0. The van der Waals surface area contributed by atoms with Crippen molar-refractivity contribution in [2.75, 3.05) is 0 Å². The highest BCUT2D eigenvalue weighted by Crippen LogP contribution is 2.43. The topological polar surface area (TPSA) is 0 Å². The molecule has 0 amide bonds. The Hall–Kier alpha value is -3.38. The second-order valence-corrected chi connectivity index (χ2v) is 10.1. The highest BCUT2D eigenvalue weighted by atomic mass is 14.2. The van der Waals surface area contributed by atoms with E-state index >= 15 is 0 Å². The van der Waals surface area contributed by atoms with Gasteiger partial charge in [0.2, 0.25) is 0 Å². The first-order chi connectivity index (χ1) is 16.1. The first-order valence-corrected chi connectivity index (χ1v) is 12.2. The van der Waals surface area contributed by atoms with Crippen LogP contribution in [0.3, 0.4) is 0 Å². The van der Waals surface area contributed by atoms with E-state index in [9.17, 15) is 0 Å². The van der Waals surface area contributed by atoms with Crippen LogP contribution in [0.2, 0.25) is 0 Å². The number of allylic oxidation sites excluding steroid dienone is 5. The Balaban J connectivity index is 2.14. The molecular formula is C34H36. The van der Waals surface area contributed by atoms with E-state index in [2.05, 4.69) is 123 Å². The third kappa shape index (κ3) is 4.14. The fourth-order valence-corrected chi connectivity index (χ4v) is 4.97. The van der Waals surface area contributed by atoms with Crippen molar-refractivity contribution in [1.82, 2.24) is 0 Å². The van der Waals surface area contributed by atoms with Crippen molar-refractivity contribution in [3.8, 4) is 11.1 Å². The Morgan fingerprint density at radius 1 is 0.706 bits per heavy atom. The van der Waals surface area contributed by atoms with Gasteiger partial charge in [0, 0.05) is 0 Å². The van der Waals surface area contributed by atoms with Gasteiger partial charge in [-0.05, 0) is 127 Å². The van der Waals surface area contributed by atoms with E-state index in [1.807, 2.05) is 0 Å². The number of aryl methyl sites for hydroxylation is 3. The molecule has 0 aliphatic carbocycles. The average Bonchev–Trinajstić information content (AvgIpc) is 2.79. The predicted octanol–water partition coefficient (Wildman–Crippen LogP) is 10.2. The molecule has 0 heterocycles. The van der Waals surface area contributed by atoms with Crippen LogP contribution in [0.1, 0.15) is 55.5 Å². The minimum atomic E-state index is 1.06. The van der Waals surface area contributed by atoms with Gasteiger partial charge in [0.15, 0.2) is 0 Å². The molecule has 0 aliphatic rings. The van der Waals surface area contributed by atoms with Crippen molar-refractivity contribution < 1.29 is 0 Å². The van der Waals surface area contributed by atoms with E-state index in [4.69, 9.17) is 0 Å². The molecule has 0 spiro atoms. The van der Waals surface area contributed by atoms with Gasteiger partial charge in [-0.1, -0.05) is 78.4 Å². The van der Waals surface area contributed by atoms with E-state index < -0.39 is 0 Å². The Morgan fingerprint density at radius 3 is 1.91 bits per heavy atom. The van der Waals surface area contributed by atoms with E-state index in [0.29, 0.717) is 0 Å². The minimum absolute atomic E-state index is 1.06. The molecule has 34 heavy (non-hydrogen) atoms. The molecule has 0 N–H and O–H groups in total. The molecule has 4 aromatic rings. The molecule has 4 rings (SSSR count). The number of rotatable bonds is 4. The lowest BCUT2D eigenvalue weighted by Gasteiger charge is -2.20. The average molecular weight is 445 g/mol. The fraction of sp³-hybridized carbons (Fsp3) is 0.235. The summed E-state index contributed by atoms with van der Waals surface area (Å²) in [6, 6.07) is 20.4. The summed E-state index contributed by atoms with van der Waals surface area (Å²) in [4.78, 5) is 0. The van der Waals surface area contributed by atoms with Crippen molar-refractivity contribution in [1.29, 1.82) is 0 Å². The van der Waals surface area contributed by atoms with Gasteiger partial charge in [-0.15, -0.1) is 0 Å². The smallest absolute Gasteiger partial charge is 0.00261 e. The maximum absolute atomic E-state index is 4.57. The van der Waals surface area contributed by atoms with Gasteiger partial charge >= 0.3 is 0 Å². The van der Waals surface area contributed by atoms with E-state index in [-0.39, 0.29) is 0 Å². The third-order valence-corrected chi connectivity index (χ3v) is 7.45. The summed E-state index contributed by atoms with van der Waals surface area (Å²) in [6.07, 6.45) is 2.25. The second kappa shape index (κ2) is 9.11. The first kappa shape index (κ1) is 23.8. The lowest BCUT2D eigenvalue weighted by atomic mass is 9.84. The molecule has 172 valence electrons. The molecule has 0 heteroatoms. The lowest BCUT2D eigenvalue weighted by Crippen LogP contribution is -1.95. The Morgan fingerprint density at radius 2 is 1.29 bits per heavy atom. The summed E-state index contributed by atoms with van der Waals surface area (Å²) in [5.41, 5.74) is 14.1. The van der Waals surface area contributed by atoms with E-state index in [1.54, 1.807) is 0 Å². The van der Waals surface area contributed by atoms with Gasteiger partial charge < -0.3 is 0 Å². The summed E-state index contributed by atoms with van der Waals surface area (Å²) >= 11 is 0. The molecule has 0 atom stereocenters. The summed E-state index contributed by atoms with van der Waals surface area (Å²) in [5.74, 6) is 0. The van der Waals surface area contributed by atoms with Crippen LogP contribution in [0.15, 0.2) is 84.0 Å². The van der Waals surface area contributed by atoms with Crippen molar-refractivity contribution in [2.24, 2.45) is 0 Å². The monoisotopic (exact) mass is 444 g/mol. The number of fused-ring (bicyclic) bond motifs is 2. The third-order valence-electron chi connectivity index (χ3n) is 7.45. The Bertz CT molecular complexity index is 1490. The molecule has 0 bridgehead atoms. The van der Waals surface area contributed by atoms with Crippen molar-refractivity contribution in [3.05, 3.63) is 112 Å². The highest BCUT2D eigenvalue weighted by Gasteiger charge is 2.17. The normalized spacial score (nSPS) is 11.8. The van der Waals surface area contributed by atoms with Crippen molar-refractivity contribution in [3.63, 3.8) is 0 Å². The van der Waals surface area contributed by atoms with Gasteiger partial charge in [0.25, 0.3) is 0 Å². The molecule has 4 aromatic carbocycles. The van der Waals surface area contributed by atoms with Crippen LogP contribution in [-0.2, 0) is 0 Å². The quantitative estimate of drug-likeness (QED) is 0.217. The molecule has 0 saturated carbocycles. The van der Waals surface area contributed by atoms with Crippen LogP contribution in [0.25, 0.3) is 38.2 Å². The van der Waals surface area contributed by atoms with Crippen LogP contribution < -0.4 is 0 Å². The van der Waals surface area contributed by atoms with E-state index in [1.165, 1.54) is 77.2 Å². The number of hydrogen-bond donors (Lipinski definition) is 0. The predicted molar refractivity (Wildman–Crippen MR) is 153 cm³/mol. The van der Waals surface area contributed by atoms with Crippen LogP contribution in [0.4, 0.5) is 0 Å². The SMILES string of the molecule is C=C(/C=C(/C)C(C)=C(C)C)c1c2ccccc2c(-c2cc(C)c(C)c(C)c2)c2cc(C)ccc12. The second-order valence-electron chi connectivity index (χ2n) is 10.1. The standard InChI is InChI=1S/C34H36/c1-20(2)26(8)22(4)17-25(7)33-29-12-10-11-13-30(29)34(32-16-21(3)14-15-31(32)33)28-18-23(5)27(9)24(6)19-28/h10-19H,7H2,1-6,8-9H3/b22-17-. The first-order valence-electron chi connectivity index (χ1n) is 12.2. The van der Waals surface area contributed by atoms with Crippen LogP contribution in [-0.4, -0.2) is 0 Å². The van der Waals surface area contributed by atoms with Crippen molar-refractivity contribution in [2.45, 2.75) is 55.4 Å². The number of benzene rings is 4. The molecular weight excluding hydrogens is 408 g/mol. The largest absolute Gasteiger partial charge is 0.0911 e. The van der Waals surface area contributed by atoms with Gasteiger partial charge in [0.05, 0.1) is 0 Å². The van der Waals surface area contributed by atoms with Crippen molar-refractivity contribution >= 4 is 27.1 Å². The fourth-order valence-electron chi connectivity index (χ4n) is 4.97. The Kier molecular flexibility index (Phi) is 6.36. The maximum Gasteiger partial charge on any atom is -0.00261 e. The summed E-state index contributed by atoms with van der Waals surface area (Å²) in [5, 5.41) is 5.10. The molecule has 0 nitrogen and oxygen atoms in total. The number of hydrogen-bond acceptors (Lipinski definition) is 0. The molecule has 0 saturated heterocycles. The van der Waals surface area contributed by atoms with E-state index in [0.717, 1.165) is 5.57 Å². The maximum atomic E-state index is 4.57.